The number of hydrogen-bond donors (Lipinski definition) is 0. The SMILES string of the molecule is CC1(C)C(=O)N(C2CCCCCCC2)N1C(=O)c1cccc(Cl)c1. The number of benzene rings is 1. The minimum Gasteiger partial charge on any atom is -0.270 e. The van der Waals surface area contributed by atoms with Crippen LogP contribution in [0.1, 0.15) is 69.2 Å². The topological polar surface area (TPSA) is 40.6 Å². The monoisotopic (exact) mass is 348 g/mol. The van der Waals surface area contributed by atoms with E-state index in [9.17, 15) is 9.59 Å². The van der Waals surface area contributed by atoms with Crippen LogP contribution in [-0.4, -0.2) is 33.4 Å². The molecule has 4 nitrogen and oxygen atoms in total. The number of hydrogen-bond acceptors (Lipinski definition) is 2. The Bertz CT molecular complexity index is 636. The quantitative estimate of drug-likeness (QED) is 0.793. The number of hydrazine groups is 1. The molecule has 1 aromatic rings. The van der Waals surface area contributed by atoms with Crippen molar-refractivity contribution in [2.75, 3.05) is 0 Å². The van der Waals surface area contributed by atoms with Crippen molar-refractivity contribution in [1.29, 1.82) is 0 Å². The Morgan fingerprint density at radius 3 is 2.38 bits per heavy atom. The summed E-state index contributed by atoms with van der Waals surface area (Å²) in [5.74, 6) is -0.104. The van der Waals surface area contributed by atoms with E-state index in [2.05, 4.69) is 0 Å². The zero-order valence-corrected chi connectivity index (χ0v) is 15.2. The highest BCUT2D eigenvalue weighted by molar-refractivity contribution is 6.31. The van der Waals surface area contributed by atoms with Crippen molar-refractivity contribution in [3.63, 3.8) is 0 Å². The number of nitrogens with zero attached hydrogens (tertiary/aromatic N) is 2. The van der Waals surface area contributed by atoms with Crippen LogP contribution in [-0.2, 0) is 4.79 Å². The van der Waals surface area contributed by atoms with Gasteiger partial charge in [-0.3, -0.25) is 9.59 Å². The average molecular weight is 349 g/mol. The molecule has 1 saturated heterocycles. The smallest absolute Gasteiger partial charge is 0.270 e. The first kappa shape index (κ1) is 17.3. The summed E-state index contributed by atoms with van der Waals surface area (Å²) in [7, 11) is 0. The number of carbonyl (C=O) groups excluding carboxylic acids is 2. The van der Waals surface area contributed by atoms with E-state index in [1.165, 1.54) is 19.3 Å². The third kappa shape index (κ3) is 3.04. The van der Waals surface area contributed by atoms with Gasteiger partial charge in [0.1, 0.15) is 5.54 Å². The molecule has 5 heteroatoms. The molecule has 0 radical (unpaired) electrons. The van der Waals surface area contributed by atoms with Gasteiger partial charge in [0.15, 0.2) is 0 Å². The third-order valence-electron chi connectivity index (χ3n) is 5.16. The van der Waals surface area contributed by atoms with Crippen molar-refractivity contribution in [3.05, 3.63) is 34.9 Å². The standard InChI is InChI=1S/C19H25ClN2O2/c1-19(2)18(24)21(16-11-6-4-3-5-7-12-16)22(19)17(23)14-9-8-10-15(20)13-14/h8-10,13,16H,3-7,11-12H2,1-2H3. The van der Waals surface area contributed by atoms with E-state index in [1.807, 2.05) is 13.8 Å². The van der Waals surface area contributed by atoms with Crippen molar-refractivity contribution in [2.24, 2.45) is 0 Å². The van der Waals surface area contributed by atoms with Gasteiger partial charge in [-0.25, -0.2) is 10.0 Å². The van der Waals surface area contributed by atoms with E-state index in [-0.39, 0.29) is 17.9 Å². The second kappa shape index (κ2) is 6.75. The fourth-order valence-electron chi connectivity index (χ4n) is 3.79. The molecule has 130 valence electrons. The van der Waals surface area contributed by atoms with Gasteiger partial charge in [-0.05, 0) is 44.9 Å². The molecule has 0 N–H and O–H groups in total. The molecule has 1 heterocycles. The molecule has 1 aliphatic heterocycles. The van der Waals surface area contributed by atoms with Crippen molar-refractivity contribution in [1.82, 2.24) is 10.0 Å². The lowest BCUT2D eigenvalue weighted by Gasteiger charge is -2.58. The van der Waals surface area contributed by atoms with Crippen LogP contribution in [0.4, 0.5) is 0 Å². The maximum Gasteiger partial charge on any atom is 0.273 e. The van der Waals surface area contributed by atoms with E-state index < -0.39 is 5.54 Å². The van der Waals surface area contributed by atoms with Crippen molar-refractivity contribution in [3.8, 4) is 0 Å². The van der Waals surface area contributed by atoms with Crippen molar-refractivity contribution in [2.45, 2.75) is 70.4 Å². The number of carbonyl (C=O) groups is 2. The van der Waals surface area contributed by atoms with Gasteiger partial charge in [0, 0.05) is 10.6 Å². The zero-order valence-electron chi connectivity index (χ0n) is 14.4. The van der Waals surface area contributed by atoms with Crippen LogP contribution in [0.15, 0.2) is 24.3 Å². The molecular weight excluding hydrogens is 324 g/mol. The van der Waals surface area contributed by atoms with Crippen LogP contribution in [0.2, 0.25) is 5.02 Å². The van der Waals surface area contributed by atoms with E-state index in [0.717, 1.165) is 25.7 Å². The predicted octanol–water partition coefficient (Wildman–Crippen LogP) is 4.43. The first-order valence-electron chi connectivity index (χ1n) is 8.86. The molecule has 1 aliphatic carbocycles. The first-order valence-corrected chi connectivity index (χ1v) is 9.24. The van der Waals surface area contributed by atoms with Gasteiger partial charge in [-0.15, -0.1) is 0 Å². The summed E-state index contributed by atoms with van der Waals surface area (Å²) in [4.78, 5) is 25.7. The fraction of sp³-hybridized carbons (Fsp3) is 0.579. The molecular formula is C19H25ClN2O2. The summed E-state index contributed by atoms with van der Waals surface area (Å²) < 4.78 is 0. The van der Waals surface area contributed by atoms with Gasteiger partial charge in [0.2, 0.25) is 0 Å². The maximum atomic E-state index is 13.0. The molecule has 1 saturated carbocycles. The van der Waals surface area contributed by atoms with Crippen LogP contribution < -0.4 is 0 Å². The Kier molecular flexibility index (Phi) is 4.86. The Morgan fingerprint density at radius 2 is 1.75 bits per heavy atom. The Morgan fingerprint density at radius 1 is 1.12 bits per heavy atom. The summed E-state index contributed by atoms with van der Waals surface area (Å²) in [5, 5.41) is 3.89. The lowest BCUT2D eigenvalue weighted by molar-refractivity contribution is -0.209. The summed E-state index contributed by atoms with van der Waals surface area (Å²) in [6.07, 6.45) is 7.88. The van der Waals surface area contributed by atoms with E-state index in [0.29, 0.717) is 10.6 Å². The minimum atomic E-state index is -0.790. The minimum absolute atomic E-state index is 0.0449. The number of amides is 2. The Labute approximate surface area is 148 Å². The molecule has 24 heavy (non-hydrogen) atoms. The van der Waals surface area contributed by atoms with Crippen LogP contribution in [0, 0.1) is 0 Å². The van der Waals surface area contributed by atoms with Crippen molar-refractivity contribution < 1.29 is 9.59 Å². The second-order valence-electron chi connectivity index (χ2n) is 7.33. The van der Waals surface area contributed by atoms with Gasteiger partial charge < -0.3 is 0 Å². The summed E-state index contributed by atoms with van der Waals surface area (Å²) in [5.41, 5.74) is -0.263. The molecule has 0 aromatic heterocycles. The average Bonchev–Trinajstić information content (AvgIpc) is 2.52. The van der Waals surface area contributed by atoms with Gasteiger partial charge >= 0.3 is 0 Å². The fourth-order valence-corrected chi connectivity index (χ4v) is 3.98. The van der Waals surface area contributed by atoms with Gasteiger partial charge in [0.05, 0.1) is 6.04 Å². The molecule has 0 unspecified atom stereocenters. The molecule has 1 aromatic carbocycles. The molecule has 0 atom stereocenters. The molecule has 0 bridgehead atoms. The Hall–Kier alpha value is -1.55. The van der Waals surface area contributed by atoms with E-state index >= 15 is 0 Å². The first-order chi connectivity index (χ1) is 11.4. The van der Waals surface area contributed by atoms with Crippen LogP contribution in [0.3, 0.4) is 0 Å². The van der Waals surface area contributed by atoms with Crippen LogP contribution in [0.25, 0.3) is 0 Å². The van der Waals surface area contributed by atoms with Gasteiger partial charge in [-0.2, -0.15) is 0 Å². The van der Waals surface area contributed by atoms with Gasteiger partial charge in [-0.1, -0.05) is 49.8 Å². The summed E-state index contributed by atoms with van der Waals surface area (Å²) >= 11 is 6.03. The molecule has 2 aliphatic rings. The summed E-state index contributed by atoms with van der Waals surface area (Å²) in [6.45, 7) is 3.63. The maximum absolute atomic E-state index is 13.0. The highest BCUT2D eigenvalue weighted by Gasteiger charge is 2.57. The van der Waals surface area contributed by atoms with Crippen LogP contribution in [0.5, 0.6) is 0 Å². The molecule has 2 fully saturated rings. The second-order valence-corrected chi connectivity index (χ2v) is 7.77. The Balaban J connectivity index is 1.85. The lowest BCUT2D eigenvalue weighted by atomic mass is 9.90. The number of rotatable bonds is 2. The highest BCUT2D eigenvalue weighted by atomic mass is 35.5. The zero-order chi connectivity index (χ0) is 17.3. The number of halogens is 1. The third-order valence-corrected chi connectivity index (χ3v) is 5.40. The van der Waals surface area contributed by atoms with E-state index in [1.54, 1.807) is 34.3 Å². The highest BCUT2D eigenvalue weighted by Crippen LogP contribution is 2.38. The predicted molar refractivity (Wildman–Crippen MR) is 94.7 cm³/mol. The largest absolute Gasteiger partial charge is 0.273 e. The molecule has 2 amide bonds. The lowest BCUT2D eigenvalue weighted by Crippen LogP contribution is -2.78. The van der Waals surface area contributed by atoms with Crippen molar-refractivity contribution >= 4 is 23.4 Å². The van der Waals surface area contributed by atoms with Gasteiger partial charge in [0.25, 0.3) is 11.8 Å². The van der Waals surface area contributed by atoms with Crippen LogP contribution >= 0.6 is 11.6 Å². The normalized spacial score (nSPS) is 21.9. The summed E-state index contributed by atoms with van der Waals surface area (Å²) in [6, 6.07) is 7.07. The van der Waals surface area contributed by atoms with E-state index in [4.69, 9.17) is 11.6 Å². The molecule has 0 spiro atoms. The molecule has 3 rings (SSSR count).